The minimum Gasteiger partial charge on any atom is -0.312 e. The molecule has 3 rings (SSSR count). The highest BCUT2D eigenvalue weighted by Gasteiger charge is 2.38. The molecule has 0 spiro atoms. The minimum atomic E-state index is 0.0915. The average Bonchev–Trinajstić information content (AvgIpc) is 2.66. The van der Waals surface area contributed by atoms with Crippen molar-refractivity contribution in [3.63, 3.8) is 0 Å². The Morgan fingerprint density at radius 1 is 1.35 bits per heavy atom. The monoisotopic (exact) mass is 270 g/mol. The first-order valence-corrected chi connectivity index (χ1v) is 7.34. The maximum atomic E-state index is 12.5. The van der Waals surface area contributed by atoms with Crippen LogP contribution in [0, 0.1) is 5.41 Å². The number of carbonyl (C=O) groups is 1. The van der Waals surface area contributed by atoms with Crippen molar-refractivity contribution in [1.29, 1.82) is 0 Å². The van der Waals surface area contributed by atoms with E-state index < -0.39 is 0 Å². The Hall–Kier alpha value is -1.61. The molecule has 2 heterocycles. The molecule has 1 aromatic carbocycles. The van der Waals surface area contributed by atoms with Gasteiger partial charge in [0.15, 0.2) is 0 Å². The van der Waals surface area contributed by atoms with E-state index in [1.807, 2.05) is 29.2 Å². The van der Waals surface area contributed by atoms with Crippen molar-refractivity contribution in [2.45, 2.75) is 32.7 Å². The van der Waals surface area contributed by atoms with Crippen LogP contribution in [0.2, 0.25) is 0 Å². The van der Waals surface area contributed by atoms with Crippen molar-refractivity contribution in [2.75, 3.05) is 13.1 Å². The summed E-state index contributed by atoms with van der Waals surface area (Å²) in [5, 5.41) is 3.57. The predicted molar refractivity (Wildman–Crippen MR) is 81.3 cm³/mol. The number of amides is 1. The van der Waals surface area contributed by atoms with E-state index in [0.717, 1.165) is 23.4 Å². The van der Waals surface area contributed by atoms with Crippen molar-refractivity contribution in [3.05, 3.63) is 42.0 Å². The van der Waals surface area contributed by atoms with Crippen molar-refractivity contribution in [2.24, 2.45) is 5.41 Å². The Balaban J connectivity index is 1.83. The van der Waals surface area contributed by atoms with Gasteiger partial charge < -0.3 is 10.2 Å². The maximum absolute atomic E-state index is 12.5. The number of nitrogens with one attached hydrogen (secondary N) is 1. The number of rotatable bonds is 2. The van der Waals surface area contributed by atoms with Gasteiger partial charge in [-0.25, -0.2) is 0 Å². The lowest BCUT2D eigenvalue weighted by Crippen LogP contribution is -2.52. The van der Waals surface area contributed by atoms with Crippen molar-refractivity contribution in [1.82, 2.24) is 10.2 Å². The number of benzene rings is 1. The molecule has 106 valence electrons. The van der Waals surface area contributed by atoms with Crippen LogP contribution in [0.15, 0.2) is 30.8 Å². The Morgan fingerprint density at radius 3 is 2.70 bits per heavy atom. The van der Waals surface area contributed by atoms with Crippen LogP contribution in [0.4, 0.5) is 0 Å². The molecule has 0 radical (unpaired) electrons. The topological polar surface area (TPSA) is 32.3 Å². The number of nitrogens with zero attached hydrogens (tertiary/aromatic N) is 1. The molecule has 0 saturated carbocycles. The Morgan fingerprint density at radius 2 is 2.05 bits per heavy atom. The molecular weight excluding hydrogens is 248 g/mol. The molecule has 1 amide bonds. The molecule has 1 atom stereocenters. The van der Waals surface area contributed by atoms with Crippen LogP contribution in [0.1, 0.15) is 42.6 Å². The molecule has 0 aromatic heterocycles. The van der Waals surface area contributed by atoms with E-state index in [0.29, 0.717) is 12.6 Å². The summed E-state index contributed by atoms with van der Waals surface area (Å²) in [5.74, 6) is 0.0915. The first-order chi connectivity index (χ1) is 9.50. The fraction of sp³-hybridized carbons (Fsp3) is 0.471. The normalized spacial score (nSPS) is 24.9. The zero-order valence-corrected chi connectivity index (χ0v) is 12.3. The summed E-state index contributed by atoms with van der Waals surface area (Å²) in [4.78, 5) is 14.4. The van der Waals surface area contributed by atoms with Gasteiger partial charge in [-0.05, 0) is 30.9 Å². The van der Waals surface area contributed by atoms with Crippen LogP contribution in [0.5, 0.6) is 0 Å². The van der Waals surface area contributed by atoms with E-state index in [1.165, 1.54) is 12.8 Å². The quantitative estimate of drug-likeness (QED) is 0.896. The minimum absolute atomic E-state index is 0.0915. The average molecular weight is 270 g/mol. The summed E-state index contributed by atoms with van der Waals surface area (Å²) in [7, 11) is 0. The van der Waals surface area contributed by atoms with Crippen LogP contribution >= 0.6 is 0 Å². The SMILES string of the molecule is C=C1c2ccccc2C(=O)N1CC1NCCCC1(C)C. The highest BCUT2D eigenvalue weighted by atomic mass is 16.2. The van der Waals surface area contributed by atoms with Gasteiger partial charge in [0.05, 0.1) is 0 Å². The summed E-state index contributed by atoms with van der Waals surface area (Å²) >= 11 is 0. The number of carbonyl (C=O) groups excluding carboxylic acids is 1. The van der Waals surface area contributed by atoms with E-state index in [4.69, 9.17) is 0 Å². The third-order valence-corrected chi connectivity index (χ3v) is 4.74. The highest BCUT2D eigenvalue weighted by Crippen LogP contribution is 2.35. The molecule has 2 aliphatic rings. The molecule has 3 nitrogen and oxygen atoms in total. The van der Waals surface area contributed by atoms with E-state index in [1.54, 1.807) is 0 Å². The van der Waals surface area contributed by atoms with Gasteiger partial charge in [0.1, 0.15) is 0 Å². The van der Waals surface area contributed by atoms with E-state index in [-0.39, 0.29) is 11.3 Å². The second-order valence-electron chi connectivity index (χ2n) is 6.51. The van der Waals surface area contributed by atoms with Crippen LogP contribution in [-0.2, 0) is 0 Å². The van der Waals surface area contributed by atoms with Crippen LogP contribution in [-0.4, -0.2) is 29.9 Å². The largest absolute Gasteiger partial charge is 0.312 e. The highest BCUT2D eigenvalue weighted by molar-refractivity contribution is 6.08. The summed E-state index contributed by atoms with van der Waals surface area (Å²) < 4.78 is 0. The molecule has 1 N–H and O–H groups in total. The lowest BCUT2D eigenvalue weighted by Gasteiger charge is -2.41. The molecule has 3 heteroatoms. The Bertz CT molecular complexity index is 527. The number of fused-ring (bicyclic) bond motifs is 1. The van der Waals surface area contributed by atoms with Gasteiger partial charge in [-0.3, -0.25) is 4.79 Å². The van der Waals surface area contributed by atoms with Crippen molar-refractivity contribution < 1.29 is 4.79 Å². The van der Waals surface area contributed by atoms with Gasteiger partial charge in [0, 0.05) is 29.4 Å². The fourth-order valence-electron chi connectivity index (χ4n) is 3.29. The third-order valence-electron chi connectivity index (χ3n) is 4.74. The molecule has 1 aromatic rings. The third kappa shape index (κ3) is 2.06. The smallest absolute Gasteiger partial charge is 0.259 e. The van der Waals surface area contributed by atoms with Crippen LogP contribution in [0.3, 0.4) is 0 Å². The predicted octanol–water partition coefficient (Wildman–Crippen LogP) is 2.89. The van der Waals surface area contributed by atoms with Crippen molar-refractivity contribution in [3.8, 4) is 0 Å². The van der Waals surface area contributed by atoms with Crippen LogP contribution < -0.4 is 5.32 Å². The second kappa shape index (κ2) is 4.74. The fourth-order valence-corrected chi connectivity index (χ4v) is 3.29. The lowest BCUT2D eigenvalue weighted by molar-refractivity contribution is 0.0790. The molecule has 1 unspecified atom stereocenters. The zero-order valence-electron chi connectivity index (χ0n) is 12.3. The summed E-state index contributed by atoms with van der Waals surface area (Å²) in [6.07, 6.45) is 2.41. The molecular formula is C17H22N2O. The van der Waals surface area contributed by atoms with Gasteiger partial charge in [-0.1, -0.05) is 38.6 Å². The first-order valence-electron chi connectivity index (χ1n) is 7.34. The van der Waals surface area contributed by atoms with Crippen molar-refractivity contribution >= 4 is 11.6 Å². The summed E-state index contributed by atoms with van der Waals surface area (Å²) in [6, 6.07) is 8.07. The van der Waals surface area contributed by atoms with Gasteiger partial charge in [-0.2, -0.15) is 0 Å². The second-order valence-corrected chi connectivity index (χ2v) is 6.51. The van der Waals surface area contributed by atoms with Crippen LogP contribution in [0.25, 0.3) is 5.70 Å². The Kier molecular flexibility index (Phi) is 3.17. The van der Waals surface area contributed by atoms with E-state index in [9.17, 15) is 4.79 Å². The van der Waals surface area contributed by atoms with Gasteiger partial charge >= 0.3 is 0 Å². The molecule has 0 aliphatic carbocycles. The standard InChI is InChI=1S/C17H22N2O/c1-12-13-7-4-5-8-14(13)16(20)19(12)11-15-17(2,3)9-6-10-18-15/h4-5,7-8,15,18H,1,6,9-11H2,2-3H3. The number of hydrogen-bond acceptors (Lipinski definition) is 2. The lowest BCUT2D eigenvalue weighted by atomic mass is 9.77. The Labute approximate surface area is 120 Å². The molecule has 1 saturated heterocycles. The van der Waals surface area contributed by atoms with Gasteiger partial charge in [0.25, 0.3) is 5.91 Å². The summed E-state index contributed by atoms with van der Waals surface area (Å²) in [5.41, 5.74) is 2.82. The van der Waals surface area contributed by atoms with E-state index >= 15 is 0 Å². The number of hydrogen-bond donors (Lipinski definition) is 1. The molecule has 0 bridgehead atoms. The molecule has 20 heavy (non-hydrogen) atoms. The first kappa shape index (κ1) is 13.4. The van der Waals surface area contributed by atoms with Gasteiger partial charge in [-0.15, -0.1) is 0 Å². The molecule has 2 aliphatic heterocycles. The summed E-state index contributed by atoms with van der Waals surface area (Å²) in [6.45, 7) is 10.4. The zero-order chi connectivity index (χ0) is 14.3. The molecule has 1 fully saturated rings. The van der Waals surface area contributed by atoms with E-state index in [2.05, 4.69) is 25.7 Å². The number of piperidine rings is 1. The maximum Gasteiger partial charge on any atom is 0.259 e. The van der Waals surface area contributed by atoms with Gasteiger partial charge in [0.2, 0.25) is 0 Å².